The van der Waals surface area contributed by atoms with Crippen LogP contribution in [0.2, 0.25) is 0 Å². The van der Waals surface area contributed by atoms with E-state index in [1.54, 1.807) is 11.0 Å². The predicted molar refractivity (Wildman–Crippen MR) is 121 cm³/mol. The summed E-state index contributed by atoms with van der Waals surface area (Å²) in [5, 5.41) is 3.30. The molecule has 2 aliphatic rings. The lowest BCUT2D eigenvalue weighted by molar-refractivity contribution is -0.114. The van der Waals surface area contributed by atoms with Crippen LogP contribution in [0.4, 0.5) is 17.3 Å². The van der Waals surface area contributed by atoms with Crippen LogP contribution in [-0.2, 0) is 4.79 Å². The van der Waals surface area contributed by atoms with Crippen molar-refractivity contribution in [2.45, 2.75) is 31.7 Å². The number of carbonyl (C=O) groups is 1. The second-order valence-corrected chi connectivity index (χ2v) is 7.73. The molecule has 0 spiro atoms. The zero-order valence-corrected chi connectivity index (χ0v) is 17.0. The number of anilines is 3. The number of carbonyl (C=O) groups excluding carboxylic acids is 1. The Morgan fingerprint density at radius 2 is 1.68 bits per heavy atom. The molecule has 0 bridgehead atoms. The first-order chi connectivity index (χ1) is 15.2. The summed E-state index contributed by atoms with van der Waals surface area (Å²) < 4.78 is 5.87. The Morgan fingerprint density at radius 3 is 2.42 bits per heavy atom. The Kier molecular flexibility index (Phi) is 5.00. The third kappa shape index (κ3) is 3.82. The van der Waals surface area contributed by atoms with Crippen LogP contribution in [0.5, 0.6) is 11.5 Å². The summed E-state index contributed by atoms with van der Waals surface area (Å²) in [7, 11) is 0. The van der Waals surface area contributed by atoms with E-state index in [1.165, 1.54) is 6.33 Å². The first-order valence-electron chi connectivity index (χ1n) is 10.4. The van der Waals surface area contributed by atoms with Crippen LogP contribution in [0.3, 0.4) is 0 Å². The maximum absolute atomic E-state index is 13.3. The maximum atomic E-state index is 13.3. The summed E-state index contributed by atoms with van der Waals surface area (Å²) in [6.07, 6.45) is 7.17. The number of amides is 1. The van der Waals surface area contributed by atoms with Crippen molar-refractivity contribution in [2.75, 3.05) is 16.0 Å². The summed E-state index contributed by atoms with van der Waals surface area (Å²) in [6.45, 7) is 0. The first-order valence-corrected chi connectivity index (χ1v) is 10.4. The van der Waals surface area contributed by atoms with Gasteiger partial charge in [-0.25, -0.2) is 9.97 Å². The van der Waals surface area contributed by atoms with Crippen LogP contribution in [0, 0.1) is 0 Å². The Balaban J connectivity index is 1.47. The van der Waals surface area contributed by atoms with E-state index in [9.17, 15) is 4.79 Å². The van der Waals surface area contributed by atoms with Crippen LogP contribution < -0.4 is 20.7 Å². The number of aromatic nitrogens is 2. The molecule has 1 amide bonds. The molecular formula is C24H23N5O2. The van der Waals surface area contributed by atoms with Crippen molar-refractivity contribution in [1.82, 2.24) is 9.97 Å². The topological polar surface area (TPSA) is 93.4 Å². The second-order valence-electron chi connectivity index (χ2n) is 7.73. The fraction of sp³-hybridized carbons (Fsp3) is 0.208. The normalized spacial score (nSPS) is 16.3. The largest absolute Gasteiger partial charge is 0.457 e. The standard InChI is InChI=1S/C24H23N5O2/c25-23-22-24(27-15-26-23)29(17-6-4-5-7-17)21(30)14-20(28-22)16-10-12-19(13-11-16)31-18-8-2-1-3-9-18/h1-3,8-15,17,28H,4-7H2,(H2,25,26,27). The molecule has 0 radical (unpaired) electrons. The van der Waals surface area contributed by atoms with Gasteiger partial charge in [-0.15, -0.1) is 0 Å². The van der Waals surface area contributed by atoms with Crippen molar-refractivity contribution in [3.63, 3.8) is 0 Å². The zero-order valence-electron chi connectivity index (χ0n) is 17.0. The molecule has 0 saturated heterocycles. The molecule has 0 unspecified atom stereocenters. The minimum atomic E-state index is -0.101. The number of nitrogens with zero attached hydrogens (tertiary/aromatic N) is 3. The second kappa shape index (κ2) is 8.10. The van der Waals surface area contributed by atoms with Gasteiger partial charge in [0.15, 0.2) is 11.6 Å². The average Bonchev–Trinajstić information content (AvgIpc) is 3.26. The van der Waals surface area contributed by atoms with Gasteiger partial charge in [0, 0.05) is 12.1 Å². The number of nitrogen functional groups attached to an aromatic ring is 1. The summed E-state index contributed by atoms with van der Waals surface area (Å²) in [5.41, 5.74) is 8.23. The van der Waals surface area contributed by atoms with E-state index < -0.39 is 0 Å². The Morgan fingerprint density at radius 1 is 0.968 bits per heavy atom. The summed E-state index contributed by atoms with van der Waals surface area (Å²) in [5.74, 6) is 2.24. The lowest BCUT2D eigenvalue weighted by atomic mass is 10.1. The highest BCUT2D eigenvalue weighted by atomic mass is 16.5. The molecule has 156 valence electrons. The SMILES string of the molecule is Nc1ncnc2c1NC(c1ccc(Oc3ccccc3)cc1)=CC(=O)N2C1CCCC1. The zero-order chi connectivity index (χ0) is 21.2. The summed E-state index contributed by atoms with van der Waals surface area (Å²) >= 11 is 0. The van der Waals surface area contributed by atoms with Crippen molar-refractivity contribution in [1.29, 1.82) is 0 Å². The van der Waals surface area contributed by atoms with E-state index in [4.69, 9.17) is 10.5 Å². The highest BCUT2D eigenvalue weighted by Crippen LogP contribution is 2.38. The average molecular weight is 413 g/mol. The van der Waals surface area contributed by atoms with Gasteiger partial charge in [-0.3, -0.25) is 9.69 Å². The molecular weight excluding hydrogens is 390 g/mol. The molecule has 2 aromatic carbocycles. The van der Waals surface area contributed by atoms with Crippen molar-refractivity contribution < 1.29 is 9.53 Å². The molecule has 1 saturated carbocycles. The van der Waals surface area contributed by atoms with E-state index in [1.807, 2.05) is 54.6 Å². The van der Waals surface area contributed by atoms with Crippen LogP contribution in [0.1, 0.15) is 31.2 Å². The van der Waals surface area contributed by atoms with Gasteiger partial charge in [-0.1, -0.05) is 31.0 Å². The summed E-state index contributed by atoms with van der Waals surface area (Å²) in [4.78, 5) is 23.6. The molecule has 1 aliphatic carbocycles. The predicted octanol–water partition coefficient (Wildman–Crippen LogP) is 4.59. The minimum absolute atomic E-state index is 0.101. The number of hydrogen-bond donors (Lipinski definition) is 2. The van der Waals surface area contributed by atoms with Crippen molar-refractivity contribution >= 4 is 28.9 Å². The van der Waals surface area contributed by atoms with Gasteiger partial charge in [0.2, 0.25) is 0 Å². The highest BCUT2D eigenvalue weighted by molar-refractivity contribution is 6.12. The number of fused-ring (bicyclic) bond motifs is 1. The lowest BCUT2D eigenvalue weighted by Gasteiger charge is -2.27. The lowest BCUT2D eigenvalue weighted by Crippen LogP contribution is -2.38. The fourth-order valence-electron chi connectivity index (χ4n) is 4.16. The number of rotatable bonds is 4. The Bertz CT molecular complexity index is 1120. The van der Waals surface area contributed by atoms with Crippen LogP contribution in [-0.4, -0.2) is 21.9 Å². The van der Waals surface area contributed by atoms with Gasteiger partial charge in [-0.05, 0) is 54.8 Å². The Labute approximate surface area is 180 Å². The number of nitrogens with two attached hydrogens (primary N) is 1. The minimum Gasteiger partial charge on any atom is -0.457 e. The summed E-state index contributed by atoms with van der Waals surface area (Å²) in [6, 6.07) is 17.3. The molecule has 5 rings (SSSR count). The van der Waals surface area contributed by atoms with Gasteiger partial charge < -0.3 is 15.8 Å². The molecule has 1 fully saturated rings. The van der Waals surface area contributed by atoms with E-state index >= 15 is 0 Å². The van der Waals surface area contributed by atoms with Crippen molar-refractivity contribution in [2.24, 2.45) is 0 Å². The maximum Gasteiger partial charge on any atom is 0.254 e. The molecule has 1 aromatic heterocycles. The van der Waals surface area contributed by atoms with Crippen LogP contribution >= 0.6 is 0 Å². The van der Waals surface area contributed by atoms with Gasteiger partial charge >= 0.3 is 0 Å². The number of para-hydroxylation sites is 1. The molecule has 0 atom stereocenters. The van der Waals surface area contributed by atoms with E-state index in [-0.39, 0.29) is 11.9 Å². The highest BCUT2D eigenvalue weighted by Gasteiger charge is 2.33. The van der Waals surface area contributed by atoms with Crippen LogP contribution in [0.25, 0.3) is 5.70 Å². The molecule has 31 heavy (non-hydrogen) atoms. The number of ether oxygens (including phenoxy) is 1. The monoisotopic (exact) mass is 413 g/mol. The van der Waals surface area contributed by atoms with Gasteiger partial charge in [0.05, 0.1) is 5.70 Å². The molecule has 7 heteroatoms. The molecule has 1 aliphatic heterocycles. The number of hydrogen-bond acceptors (Lipinski definition) is 6. The molecule has 3 N–H and O–H groups in total. The fourth-order valence-corrected chi connectivity index (χ4v) is 4.16. The third-order valence-electron chi connectivity index (χ3n) is 5.68. The van der Waals surface area contributed by atoms with E-state index in [0.717, 1.165) is 37.0 Å². The Hall–Kier alpha value is -3.87. The van der Waals surface area contributed by atoms with Gasteiger partial charge in [0.25, 0.3) is 5.91 Å². The quantitative estimate of drug-likeness (QED) is 0.650. The van der Waals surface area contributed by atoms with Gasteiger partial charge in [-0.2, -0.15) is 0 Å². The number of benzene rings is 2. The van der Waals surface area contributed by atoms with E-state index in [2.05, 4.69) is 15.3 Å². The first kappa shape index (κ1) is 19.1. The smallest absolute Gasteiger partial charge is 0.254 e. The van der Waals surface area contributed by atoms with Crippen molar-refractivity contribution in [3.8, 4) is 11.5 Å². The molecule has 3 aromatic rings. The van der Waals surface area contributed by atoms with Gasteiger partial charge in [0.1, 0.15) is 23.5 Å². The molecule has 7 nitrogen and oxygen atoms in total. The van der Waals surface area contributed by atoms with Crippen LogP contribution in [0.15, 0.2) is 67.0 Å². The third-order valence-corrected chi connectivity index (χ3v) is 5.68. The van der Waals surface area contributed by atoms with E-state index in [0.29, 0.717) is 28.8 Å². The molecule has 2 heterocycles. The number of nitrogens with one attached hydrogen (secondary N) is 1. The van der Waals surface area contributed by atoms with Crippen molar-refractivity contribution in [3.05, 3.63) is 72.6 Å².